The number of halogens is 2. The van der Waals surface area contributed by atoms with E-state index in [1.54, 1.807) is 0 Å². The number of hydrogen-bond acceptors (Lipinski definition) is 3. The molecule has 0 N–H and O–H groups in total. The van der Waals surface area contributed by atoms with Gasteiger partial charge in [0.2, 0.25) is 0 Å². The van der Waals surface area contributed by atoms with E-state index >= 15 is 0 Å². The van der Waals surface area contributed by atoms with E-state index in [4.69, 9.17) is 32.7 Å². The summed E-state index contributed by atoms with van der Waals surface area (Å²) in [6.45, 7) is 1.33. The Kier molecular flexibility index (Phi) is 2.36. The summed E-state index contributed by atoms with van der Waals surface area (Å²) in [5, 5.41) is 0. The zero-order valence-corrected chi connectivity index (χ0v) is 10.4. The van der Waals surface area contributed by atoms with Crippen LogP contribution >= 0.6 is 23.2 Å². The predicted molar refractivity (Wildman–Crippen MR) is 59.6 cm³/mol. The lowest BCUT2D eigenvalue weighted by Gasteiger charge is -2.55. The van der Waals surface area contributed by atoms with Gasteiger partial charge in [-0.3, -0.25) is 4.79 Å². The Hall–Kier alpha value is 0.170. The van der Waals surface area contributed by atoms with Crippen LogP contribution in [0.4, 0.5) is 0 Å². The molecule has 2 saturated carbocycles. The molecule has 5 heteroatoms. The number of carbonyl (C=O) groups is 1. The van der Waals surface area contributed by atoms with Crippen molar-refractivity contribution in [3.8, 4) is 0 Å². The molecule has 2 spiro atoms. The smallest absolute Gasteiger partial charge is 0.181 e. The van der Waals surface area contributed by atoms with E-state index in [1.807, 2.05) is 0 Å². The summed E-state index contributed by atoms with van der Waals surface area (Å²) < 4.78 is 10.1. The van der Waals surface area contributed by atoms with Crippen LogP contribution in [0, 0.1) is 5.41 Å². The van der Waals surface area contributed by atoms with Gasteiger partial charge >= 0.3 is 0 Å². The second kappa shape index (κ2) is 3.35. The van der Waals surface area contributed by atoms with Crippen molar-refractivity contribution in [1.29, 1.82) is 0 Å². The molecule has 3 nitrogen and oxygen atoms in total. The molecule has 1 aliphatic heterocycles. The Bertz CT molecular complexity index is 324. The highest BCUT2D eigenvalue weighted by Crippen LogP contribution is 2.63. The number of alkyl halides is 2. The molecule has 0 amide bonds. The van der Waals surface area contributed by atoms with Crippen molar-refractivity contribution in [1.82, 2.24) is 0 Å². The third-order valence-corrected chi connectivity index (χ3v) is 5.52. The average Bonchev–Trinajstić information content (AvgIpc) is 2.71. The molecule has 1 saturated heterocycles. The Morgan fingerprint density at radius 2 is 1.56 bits per heavy atom. The van der Waals surface area contributed by atoms with Gasteiger partial charge in [-0.25, -0.2) is 0 Å². The van der Waals surface area contributed by atoms with Crippen molar-refractivity contribution >= 4 is 29.0 Å². The first-order valence-electron chi connectivity index (χ1n) is 5.69. The molecular formula is C11H14Cl2O3. The fourth-order valence-corrected chi connectivity index (χ4v) is 3.75. The van der Waals surface area contributed by atoms with Crippen LogP contribution in [-0.2, 0) is 14.3 Å². The van der Waals surface area contributed by atoms with Crippen LogP contribution in [0.5, 0.6) is 0 Å². The first-order chi connectivity index (χ1) is 7.50. The highest BCUT2D eigenvalue weighted by atomic mass is 35.5. The zero-order chi connectivity index (χ0) is 11.4. The van der Waals surface area contributed by atoms with Gasteiger partial charge in [0.15, 0.2) is 15.9 Å². The van der Waals surface area contributed by atoms with Gasteiger partial charge in [-0.1, -0.05) is 23.2 Å². The van der Waals surface area contributed by atoms with Gasteiger partial charge in [0.05, 0.1) is 13.2 Å². The van der Waals surface area contributed by atoms with Crippen LogP contribution < -0.4 is 0 Å². The van der Waals surface area contributed by atoms with E-state index < -0.39 is 10.1 Å². The standard InChI is InChI=1S/C11H14Cl2O3/c12-11(13)8(14)7-9(11)1-3-10(4-2-9)15-5-6-16-10/h1-7H2. The molecule has 16 heavy (non-hydrogen) atoms. The van der Waals surface area contributed by atoms with Crippen molar-refractivity contribution in [2.45, 2.75) is 42.2 Å². The number of ether oxygens (including phenoxy) is 2. The van der Waals surface area contributed by atoms with Gasteiger partial charge < -0.3 is 9.47 Å². The fraction of sp³-hybridized carbons (Fsp3) is 0.909. The molecule has 3 aliphatic rings. The molecule has 0 radical (unpaired) electrons. The molecule has 0 aromatic heterocycles. The largest absolute Gasteiger partial charge is 0.348 e. The molecule has 0 atom stereocenters. The second-order valence-electron chi connectivity index (χ2n) is 5.06. The van der Waals surface area contributed by atoms with E-state index in [0.29, 0.717) is 19.6 Å². The Balaban J connectivity index is 1.73. The van der Waals surface area contributed by atoms with Crippen LogP contribution in [0.2, 0.25) is 0 Å². The van der Waals surface area contributed by atoms with E-state index in [1.165, 1.54) is 0 Å². The molecule has 0 unspecified atom stereocenters. The maximum absolute atomic E-state index is 11.4. The third kappa shape index (κ3) is 1.32. The lowest BCUT2D eigenvalue weighted by molar-refractivity contribution is -0.199. The molecule has 3 rings (SSSR count). The number of rotatable bonds is 0. The molecule has 90 valence electrons. The van der Waals surface area contributed by atoms with Crippen molar-refractivity contribution in [2.75, 3.05) is 13.2 Å². The third-order valence-electron chi connectivity index (χ3n) is 4.30. The summed E-state index contributed by atoms with van der Waals surface area (Å²) in [6.07, 6.45) is 3.72. The molecule has 2 aliphatic carbocycles. The Labute approximate surface area is 104 Å². The van der Waals surface area contributed by atoms with Crippen molar-refractivity contribution in [3.05, 3.63) is 0 Å². The minimum Gasteiger partial charge on any atom is -0.348 e. The Morgan fingerprint density at radius 1 is 1.00 bits per heavy atom. The van der Waals surface area contributed by atoms with E-state index in [0.717, 1.165) is 25.7 Å². The normalized spacial score (nSPS) is 34.2. The van der Waals surface area contributed by atoms with Gasteiger partial charge in [-0.05, 0) is 12.8 Å². The molecular weight excluding hydrogens is 251 g/mol. The summed E-state index contributed by atoms with van der Waals surface area (Å²) in [5.74, 6) is -0.451. The number of carbonyl (C=O) groups excluding carboxylic acids is 1. The summed E-state index contributed by atoms with van der Waals surface area (Å²) >= 11 is 12.2. The molecule has 1 heterocycles. The SMILES string of the molecule is O=C1CC2(CCC3(CC2)OCCO3)C1(Cl)Cl. The van der Waals surface area contributed by atoms with Crippen molar-refractivity contribution in [2.24, 2.45) is 5.41 Å². The zero-order valence-electron chi connectivity index (χ0n) is 8.93. The van der Waals surface area contributed by atoms with E-state index in [9.17, 15) is 4.79 Å². The number of ketones is 1. The lowest BCUT2D eigenvalue weighted by Crippen LogP contribution is -2.60. The molecule has 0 bridgehead atoms. The number of hydrogen-bond donors (Lipinski definition) is 0. The van der Waals surface area contributed by atoms with Crippen molar-refractivity contribution in [3.63, 3.8) is 0 Å². The first-order valence-corrected chi connectivity index (χ1v) is 6.44. The topological polar surface area (TPSA) is 35.5 Å². The van der Waals surface area contributed by atoms with Crippen LogP contribution in [-0.4, -0.2) is 29.1 Å². The summed E-state index contributed by atoms with van der Waals surface area (Å²) in [6, 6.07) is 0. The van der Waals surface area contributed by atoms with Crippen LogP contribution in [0.1, 0.15) is 32.1 Å². The summed E-state index contributed by atoms with van der Waals surface area (Å²) in [5.41, 5.74) is -0.228. The Morgan fingerprint density at radius 3 is 2.00 bits per heavy atom. The minimum absolute atomic E-state index is 0.0416. The van der Waals surface area contributed by atoms with Gasteiger partial charge in [0.25, 0.3) is 0 Å². The second-order valence-corrected chi connectivity index (χ2v) is 6.39. The quantitative estimate of drug-likeness (QED) is 0.631. The van der Waals surface area contributed by atoms with Crippen LogP contribution in [0.25, 0.3) is 0 Å². The van der Waals surface area contributed by atoms with Crippen LogP contribution in [0.15, 0.2) is 0 Å². The van der Waals surface area contributed by atoms with Gasteiger partial charge in [-0.15, -0.1) is 0 Å². The fourth-order valence-electron chi connectivity index (χ4n) is 3.10. The average molecular weight is 265 g/mol. The maximum atomic E-state index is 11.4. The summed E-state index contributed by atoms with van der Waals surface area (Å²) in [4.78, 5) is 11.4. The number of Topliss-reactive ketones (excluding diaryl/α,β-unsaturated/α-hetero) is 1. The van der Waals surface area contributed by atoms with Gasteiger partial charge in [-0.2, -0.15) is 0 Å². The van der Waals surface area contributed by atoms with Crippen LogP contribution in [0.3, 0.4) is 0 Å². The molecule has 3 fully saturated rings. The highest BCUT2D eigenvalue weighted by Gasteiger charge is 2.66. The predicted octanol–water partition coefficient (Wildman–Crippen LogP) is 2.44. The van der Waals surface area contributed by atoms with Gasteiger partial charge in [0, 0.05) is 24.7 Å². The molecule has 0 aromatic carbocycles. The lowest BCUT2D eigenvalue weighted by atomic mass is 9.58. The molecule has 0 aromatic rings. The van der Waals surface area contributed by atoms with Crippen molar-refractivity contribution < 1.29 is 14.3 Å². The monoisotopic (exact) mass is 264 g/mol. The van der Waals surface area contributed by atoms with E-state index in [2.05, 4.69) is 0 Å². The first kappa shape index (κ1) is 11.3. The summed E-state index contributed by atoms with van der Waals surface area (Å²) in [7, 11) is 0. The minimum atomic E-state index is -1.17. The van der Waals surface area contributed by atoms with Gasteiger partial charge in [0.1, 0.15) is 0 Å². The van der Waals surface area contributed by atoms with E-state index in [-0.39, 0.29) is 11.2 Å². The highest BCUT2D eigenvalue weighted by molar-refractivity contribution is 6.61. The maximum Gasteiger partial charge on any atom is 0.181 e.